The van der Waals surface area contributed by atoms with Crippen molar-refractivity contribution in [2.45, 2.75) is 0 Å². The Morgan fingerprint density at radius 1 is 1.37 bits per heavy atom. The molecule has 0 amide bonds. The molecule has 0 radical (unpaired) electrons. The lowest BCUT2D eigenvalue weighted by molar-refractivity contribution is 0.398. The molecule has 0 saturated heterocycles. The van der Waals surface area contributed by atoms with Crippen LogP contribution in [0.3, 0.4) is 0 Å². The van der Waals surface area contributed by atoms with E-state index < -0.39 is 5.82 Å². The number of nitrogens with one attached hydrogen (secondary N) is 1. The molecule has 1 aromatic carbocycles. The summed E-state index contributed by atoms with van der Waals surface area (Å²) in [5.41, 5.74) is 6.66. The second-order valence-corrected chi connectivity index (χ2v) is 3.72. The minimum Gasteiger partial charge on any atom is -0.481 e. The SMILES string of the molecule is COc1ccc(N)c(Nc2ccc(F)c(C#N)c2)n1. The zero-order chi connectivity index (χ0) is 13.8. The van der Waals surface area contributed by atoms with Crippen LogP contribution in [0.15, 0.2) is 30.3 Å². The third-order valence-electron chi connectivity index (χ3n) is 2.46. The number of hydrogen-bond acceptors (Lipinski definition) is 5. The van der Waals surface area contributed by atoms with Crippen LogP contribution in [0.2, 0.25) is 0 Å². The van der Waals surface area contributed by atoms with Crippen LogP contribution in [-0.4, -0.2) is 12.1 Å². The number of pyridine rings is 1. The highest BCUT2D eigenvalue weighted by Crippen LogP contribution is 2.24. The third-order valence-corrected chi connectivity index (χ3v) is 2.46. The number of rotatable bonds is 3. The highest BCUT2D eigenvalue weighted by atomic mass is 19.1. The first-order valence-corrected chi connectivity index (χ1v) is 5.41. The maximum absolute atomic E-state index is 13.2. The Kier molecular flexibility index (Phi) is 3.48. The highest BCUT2D eigenvalue weighted by molar-refractivity contribution is 5.69. The minimum absolute atomic E-state index is 0.0496. The van der Waals surface area contributed by atoms with E-state index in [0.717, 1.165) is 0 Å². The van der Waals surface area contributed by atoms with Gasteiger partial charge in [-0.25, -0.2) is 4.39 Å². The summed E-state index contributed by atoms with van der Waals surface area (Å²) in [6.07, 6.45) is 0. The van der Waals surface area contributed by atoms with Crippen molar-refractivity contribution in [3.8, 4) is 11.9 Å². The van der Waals surface area contributed by atoms with Gasteiger partial charge in [0.25, 0.3) is 0 Å². The Hall–Kier alpha value is -2.81. The van der Waals surface area contributed by atoms with Gasteiger partial charge in [0.2, 0.25) is 5.88 Å². The smallest absolute Gasteiger partial charge is 0.215 e. The summed E-state index contributed by atoms with van der Waals surface area (Å²) in [4.78, 5) is 4.13. The van der Waals surface area contributed by atoms with Gasteiger partial charge in [-0.2, -0.15) is 10.2 Å². The van der Waals surface area contributed by atoms with Crippen LogP contribution in [0.5, 0.6) is 5.88 Å². The lowest BCUT2D eigenvalue weighted by Crippen LogP contribution is -2.01. The quantitative estimate of drug-likeness (QED) is 0.883. The maximum atomic E-state index is 13.2. The molecule has 0 bridgehead atoms. The number of nitrogens with zero attached hydrogens (tertiary/aromatic N) is 2. The fraction of sp³-hybridized carbons (Fsp3) is 0.0769. The molecule has 0 aliphatic carbocycles. The van der Waals surface area contributed by atoms with E-state index in [1.807, 2.05) is 0 Å². The van der Waals surface area contributed by atoms with Gasteiger partial charge in [0.05, 0.1) is 18.4 Å². The van der Waals surface area contributed by atoms with Gasteiger partial charge >= 0.3 is 0 Å². The van der Waals surface area contributed by atoms with Crippen molar-refractivity contribution < 1.29 is 9.13 Å². The van der Waals surface area contributed by atoms with E-state index in [4.69, 9.17) is 15.7 Å². The van der Waals surface area contributed by atoms with Crippen molar-refractivity contribution in [1.29, 1.82) is 5.26 Å². The monoisotopic (exact) mass is 258 g/mol. The molecule has 1 heterocycles. The Morgan fingerprint density at radius 2 is 2.16 bits per heavy atom. The van der Waals surface area contributed by atoms with Gasteiger partial charge in [-0.15, -0.1) is 0 Å². The molecule has 96 valence electrons. The molecule has 5 nitrogen and oxygen atoms in total. The molecule has 0 unspecified atom stereocenters. The fourth-order valence-corrected chi connectivity index (χ4v) is 1.49. The maximum Gasteiger partial charge on any atom is 0.215 e. The first kappa shape index (κ1) is 12.6. The normalized spacial score (nSPS) is 9.74. The zero-order valence-corrected chi connectivity index (χ0v) is 10.1. The number of hydrogen-bond donors (Lipinski definition) is 2. The summed E-state index contributed by atoms with van der Waals surface area (Å²) >= 11 is 0. The molecule has 0 atom stereocenters. The fourth-order valence-electron chi connectivity index (χ4n) is 1.49. The molecule has 0 fully saturated rings. The van der Waals surface area contributed by atoms with Gasteiger partial charge in [-0.05, 0) is 24.3 Å². The largest absolute Gasteiger partial charge is 0.481 e. The van der Waals surface area contributed by atoms with E-state index in [9.17, 15) is 4.39 Å². The van der Waals surface area contributed by atoms with Crippen molar-refractivity contribution >= 4 is 17.2 Å². The molecule has 0 aliphatic heterocycles. The van der Waals surface area contributed by atoms with E-state index in [1.54, 1.807) is 18.2 Å². The van der Waals surface area contributed by atoms with Crippen molar-refractivity contribution in [1.82, 2.24) is 4.98 Å². The summed E-state index contributed by atoms with van der Waals surface area (Å²) in [6.45, 7) is 0. The molecule has 1 aromatic heterocycles. The van der Waals surface area contributed by atoms with E-state index in [0.29, 0.717) is 23.1 Å². The van der Waals surface area contributed by atoms with Crippen LogP contribution >= 0.6 is 0 Å². The number of anilines is 3. The Morgan fingerprint density at radius 3 is 2.84 bits per heavy atom. The number of aromatic nitrogens is 1. The van der Waals surface area contributed by atoms with Crippen LogP contribution in [0.1, 0.15) is 5.56 Å². The predicted molar refractivity (Wildman–Crippen MR) is 69.6 cm³/mol. The Labute approximate surface area is 109 Å². The lowest BCUT2D eigenvalue weighted by Gasteiger charge is -2.10. The summed E-state index contributed by atoms with van der Waals surface area (Å²) in [6, 6.07) is 9.13. The topological polar surface area (TPSA) is 84.0 Å². The second kappa shape index (κ2) is 5.23. The first-order valence-electron chi connectivity index (χ1n) is 5.41. The number of benzene rings is 1. The van der Waals surface area contributed by atoms with Crippen molar-refractivity contribution in [3.63, 3.8) is 0 Å². The third kappa shape index (κ3) is 2.72. The van der Waals surface area contributed by atoms with Gasteiger partial charge in [0.15, 0.2) is 5.82 Å². The van der Waals surface area contributed by atoms with Gasteiger partial charge in [-0.3, -0.25) is 0 Å². The average Bonchev–Trinajstić information content (AvgIpc) is 2.43. The lowest BCUT2D eigenvalue weighted by atomic mass is 10.2. The van der Waals surface area contributed by atoms with Crippen molar-refractivity contribution in [3.05, 3.63) is 41.7 Å². The molecule has 19 heavy (non-hydrogen) atoms. The molecule has 0 aliphatic rings. The van der Waals surface area contributed by atoms with Crippen LogP contribution < -0.4 is 15.8 Å². The van der Waals surface area contributed by atoms with Crippen LogP contribution in [0.4, 0.5) is 21.6 Å². The molecule has 6 heteroatoms. The number of nitriles is 1. The van der Waals surface area contributed by atoms with E-state index in [1.165, 1.54) is 25.3 Å². The second-order valence-electron chi connectivity index (χ2n) is 3.72. The standard InChI is InChI=1S/C13H11FN4O/c1-19-12-5-4-11(16)13(18-12)17-9-2-3-10(14)8(6-9)7-15/h2-6H,16H2,1H3,(H,17,18). The summed E-state index contributed by atoms with van der Waals surface area (Å²) in [5, 5.41) is 11.7. The summed E-state index contributed by atoms with van der Waals surface area (Å²) in [5.74, 6) is 0.216. The number of nitrogens with two attached hydrogens (primary N) is 1. The predicted octanol–water partition coefficient (Wildman–Crippen LogP) is 2.43. The van der Waals surface area contributed by atoms with Gasteiger partial charge in [0.1, 0.15) is 11.9 Å². The zero-order valence-electron chi connectivity index (χ0n) is 10.1. The number of ether oxygens (including phenoxy) is 1. The number of nitrogen functional groups attached to an aromatic ring is 1. The van der Waals surface area contributed by atoms with E-state index >= 15 is 0 Å². The van der Waals surface area contributed by atoms with E-state index in [2.05, 4.69) is 10.3 Å². The minimum atomic E-state index is -0.570. The van der Waals surface area contributed by atoms with E-state index in [-0.39, 0.29) is 5.56 Å². The van der Waals surface area contributed by atoms with Crippen LogP contribution in [0, 0.1) is 17.1 Å². The molecule has 3 N–H and O–H groups in total. The molecule has 0 spiro atoms. The molecular weight excluding hydrogens is 247 g/mol. The first-order chi connectivity index (χ1) is 9.13. The average molecular weight is 258 g/mol. The molecule has 0 saturated carbocycles. The summed E-state index contributed by atoms with van der Waals surface area (Å²) < 4.78 is 18.2. The number of halogens is 1. The number of methoxy groups -OCH3 is 1. The molecule has 2 aromatic rings. The highest BCUT2D eigenvalue weighted by Gasteiger charge is 2.06. The molecular formula is C13H11FN4O. The van der Waals surface area contributed by atoms with Gasteiger partial charge in [0, 0.05) is 11.8 Å². The van der Waals surface area contributed by atoms with Crippen molar-refractivity contribution in [2.24, 2.45) is 0 Å². The summed E-state index contributed by atoms with van der Waals surface area (Å²) in [7, 11) is 1.49. The Balaban J connectivity index is 2.33. The van der Waals surface area contributed by atoms with Gasteiger partial charge in [-0.1, -0.05) is 0 Å². The van der Waals surface area contributed by atoms with Crippen molar-refractivity contribution in [2.75, 3.05) is 18.2 Å². The molecule has 2 rings (SSSR count). The van der Waals surface area contributed by atoms with Crippen LogP contribution in [0.25, 0.3) is 0 Å². The van der Waals surface area contributed by atoms with Crippen LogP contribution in [-0.2, 0) is 0 Å². The Bertz CT molecular complexity index is 652. The van der Waals surface area contributed by atoms with Gasteiger partial charge < -0.3 is 15.8 Å².